The van der Waals surface area contributed by atoms with Gasteiger partial charge in [0, 0.05) is 16.7 Å². The number of carboxylic acids is 1. The van der Waals surface area contributed by atoms with Crippen LogP contribution in [0, 0.1) is 0 Å². The molecule has 1 amide bonds. The second kappa shape index (κ2) is 8.47. The van der Waals surface area contributed by atoms with Crippen LogP contribution in [0.2, 0.25) is 5.02 Å². The summed E-state index contributed by atoms with van der Waals surface area (Å²) in [6.45, 7) is 0. The highest BCUT2D eigenvalue weighted by Gasteiger charge is 2.38. The van der Waals surface area contributed by atoms with Gasteiger partial charge >= 0.3 is 0 Å². The van der Waals surface area contributed by atoms with Gasteiger partial charge in [-0.2, -0.15) is 0 Å². The van der Waals surface area contributed by atoms with E-state index in [1.54, 1.807) is 60.7 Å². The molecule has 1 fully saturated rings. The van der Waals surface area contributed by atoms with E-state index in [2.05, 4.69) is 0 Å². The first kappa shape index (κ1) is 20.4. The topological polar surface area (TPSA) is 73.6 Å². The lowest BCUT2D eigenvalue weighted by molar-refractivity contribution is -0.310. The molecule has 1 saturated heterocycles. The first-order valence-corrected chi connectivity index (χ1v) is 10.4. The molecule has 0 spiro atoms. The van der Waals surface area contributed by atoms with Crippen molar-refractivity contribution in [3.8, 4) is 11.3 Å². The molecular formula is C22H13ClNO4S2-. The van der Waals surface area contributed by atoms with Gasteiger partial charge in [0.1, 0.15) is 21.9 Å². The van der Waals surface area contributed by atoms with Crippen molar-refractivity contribution in [2.45, 2.75) is 6.04 Å². The van der Waals surface area contributed by atoms with Gasteiger partial charge in [0.15, 0.2) is 0 Å². The molecule has 1 aliphatic rings. The summed E-state index contributed by atoms with van der Waals surface area (Å²) in [4.78, 5) is 26.1. The molecule has 1 aliphatic heterocycles. The van der Waals surface area contributed by atoms with E-state index in [9.17, 15) is 14.7 Å². The van der Waals surface area contributed by atoms with Gasteiger partial charge < -0.3 is 14.3 Å². The smallest absolute Gasteiger partial charge is 0.267 e. The standard InChI is InChI=1S/C22H14ClNO4S2/c23-15-8-4-7-14(11-15)17-10-9-16(28-17)12-18-20(25)24(22(29)30-18)19(21(26)27)13-5-2-1-3-6-13/h1-12,19H,(H,26,27)/p-1/b18-12-/t19-/m0/s1. The summed E-state index contributed by atoms with van der Waals surface area (Å²) >= 11 is 12.3. The number of furan rings is 1. The number of thiocarbonyl (C=S) groups is 1. The highest BCUT2D eigenvalue weighted by Crippen LogP contribution is 2.38. The molecule has 0 bridgehead atoms. The lowest BCUT2D eigenvalue weighted by atomic mass is 10.1. The van der Waals surface area contributed by atoms with Crippen LogP contribution in [0.15, 0.2) is 76.1 Å². The lowest BCUT2D eigenvalue weighted by Gasteiger charge is -2.27. The minimum Gasteiger partial charge on any atom is -0.547 e. The molecule has 0 N–H and O–H groups in total. The average Bonchev–Trinajstić information content (AvgIpc) is 3.29. The zero-order chi connectivity index (χ0) is 21.3. The fraction of sp³-hybridized carbons (Fsp3) is 0.0455. The Morgan fingerprint density at radius 2 is 1.90 bits per heavy atom. The number of hydrogen-bond donors (Lipinski definition) is 0. The molecule has 2 heterocycles. The number of carbonyl (C=O) groups excluding carboxylic acids is 2. The van der Waals surface area contributed by atoms with Gasteiger partial charge in [0.2, 0.25) is 0 Å². The molecule has 1 aromatic heterocycles. The molecular weight excluding hydrogens is 442 g/mol. The van der Waals surface area contributed by atoms with Crippen LogP contribution < -0.4 is 5.11 Å². The van der Waals surface area contributed by atoms with Crippen molar-refractivity contribution in [1.82, 2.24) is 4.90 Å². The van der Waals surface area contributed by atoms with Gasteiger partial charge in [-0.3, -0.25) is 9.69 Å². The van der Waals surface area contributed by atoms with E-state index in [1.165, 1.54) is 0 Å². The summed E-state index contributed by atoms with van der Waals surface area (Å²) in [5.74, 6) is -0.880. The first-order valence-electron chi connectivity index (χ1n) is 8.82. The number of hydrogen-bond acceptors (Lipinski definition) is 6. The molecule has 1 atom stereocenters. The Hall–Kier alpha value is -2.87. The van der Waals surface area contributed by atoms with Crippen molar-refractivity contribution < 1.29 is 19.1 Å². The molecule has 30 heavy (non-hydrogen) atoms. The molecule has 3 aromatic rings. The van der Waals surface area contributed by atoms with Gasteiger partial charge in [-0.05, 0) is 29.8 Å². The van der Waals surface area contributed by atoms with E-state index in [-0.39, 0.29) is 9.23 Å². The van der Waals surface area contributed by atoms with Crippen molar-refractivity contribution in [3.63, 3.8) is 0 Å². The van der Waals surface area contributed by atoms with E-state index in [4.69, 9.17) is 28.2 Å². The van der Waals surface area contributed by atoms with Crippen molar-refractivity contribution in [3.05, 3.63) is 88.0 Å². The Bertz CT molecular complexity index is 1170. The summed E-state index contributed by atoms with van der Waals surface area (Å²) in [6, 6.07) is 17.8. The third kappa shape index (κ3) is 4.05. The fourth-order valence-corrected chi connectivity index (χ4v) is 4.57. The molecule has 0 unspecified atom stereocenters. The fourth-order valence-electron chi connectivity index (χ4n) is 3.08. The number of nitrogens with zero attached hydrogens (tertiary/aromatic N) is 1. The summed E-state index contributed by atoms with van der Waals surface area (Å²) < 4.78 is 5.95. The third-order valence-electron chi connectivity index (χ3n) is 4.43. The largest absolute Gasteiger partial charge is 0.547 e. The normalized spacial score (nSPS) is 16.3. The number of rotatable bonds is 5. The molecule has 0 saturated carbocycles. The monoisotopic (exact) mass is 454 g/mol. The average molecular weight is 455 g/mol. The Kier molecular flexibility index (Phi) is 5.76. The van der Waals surface area contributed by atoms with Crippen LogP contribution in [-0.2, 0) is 9.59 Å². The van der Waals surface area contributed by atoms with Crippen LogP contribution >= 0.6 is 35.6 Å². The molecule has 2 aromatic carbocycles. The van der Waals surface area contributed by atoms with Crippen molar-refractivity contribution >= 4 is 57.9 Å². The van der Waals surface area contributed by atoms with E-state index < -0.39 is 17.9 Å². The van der Waals surface area contributed by atoms with E-state index in [1.807, 2.05) is 12.1 Å². The quantitative estimate of drug-likeness (QED) is 0.423. The van der Waals surface area contributed by atoms with E-state index in [0.29, 0.717) is 22.1 Å². The van der Waals surface area contributed by atoms with E-state index in [0.717, 1.165) is 22.2 Å². The second-order valence-electron chi connectivity index (χ2n) is 6.40. The number of aliphatic carboxylic acids is 1. The number of carbonyl (C=O) groups is 2. The van der Waals surface area contributed by atoms with E-state index >= 15 is 0 Å². The minimum atomic E-state index is -1.40. The number of carboxylic acid groups (broad SMARTS) is 1. The van der Waals surface area contributed by atoms with Crippen LogP contribution in [0.3, 0.4) is 0 Å². The maximum atomic E-state index is 13.0. The SMILES string of the molecule is O=C([O-])[C@H](c1ccccc1)N1C(=O)/C(=C/c2ccc(-c3cccc(Cl)c3)o2)SC1=S. The summed E-state index contributed by atoms with van der Waals surface area (Å²) in [6.07, 6.45) is 1.55. The van der Waals surface area contributed by atoms with Crippen LogP contribution in [0.25, 0.3) is 17.4 Å². The van der Waals surface area contributed by atoms with Gasteiger partial charge in [-0.1, -0.05) is 78.0 Å². The van der Waals surface area contributed by atoms with Crippen LogP contribution in [0.5, 0.6) is 0 Å². The first-order chi connectivity index (χ1) is 14.4. The van der Waals surface area contributed by atoms with Crippen molar-refractivity contribution in [2.75, 3.05) is 0 Å². The van der Waals surface area contributed by atoms with Crippen molar-refractivity contribution in [1.29, 1.82) is 0 Å². The highest BCUT2D eigenvalue weighted by molar-refractivity contribution is 8.26. The zero-order valence-corrected chi connectivity index (χ0v) is 17.7. The Morgan fingerprint density at radius 1 is 1.13 bits per heavy atom. The number of amides is 1. The molecule has 0 aliphatic carbocycles. The van der Waals surface area contributed by atoms with Crippen LogP contribution in [0.4, 0.5) is 0 Å². The van der Waals surface area contributed by atoms with Crippen LogP contribution in [-0.4, -0.2) is 21.1 Å². The summed E-state index contributed by atoms with van der Waals surface area (Å²) in [7, 11) is 0. The summed E-state index contributed by atoms with van der Waals surface area (Å²) in [5, 5.41) is 12.4. The molecule has 5 nitrogen and oxygen atoms in total. The zero-order valence-electron chi connectivity index (χ0n) is 15.3. The van der Waals surface area contributed by atoms with Crippen molar-refractivity contribution in [2.24, 2.45) is 0 Å². The Morgan fingerprint density at radius 3 is 2.60 bits per heavy atom. The maximum absolute atomic E-state index is 13.0. The predicted octanol–water partition coefficient (Wildman–Crippen LogP) is 4.29. The predicted molar refractivity (Wildman–Crippen MR) is 118 cm³/mol. The number of thioether (sulfide) groups is 1. The lowest BCUT2D eigenvalue weighted by Crippen LogP contribution is -2.43. The Balaban J connectivity index is 1.63. The Labute approximate surface area is 186 Å². The summed E-state index contributed by atoms with van der Waals surface area (Å²) in [5.41, 5.74) is 1.21. The second-order valence-corrected chi connectivity index (χ2v) is 8.51. The number of benzene rings is 2. The molecule has 0 radical (unpaired) electrons. The number of halogens is 1. The molecule has 150 valence electrons. The third-order valence-corrected chi connectivity index (χ3v) is 6.00. The van der Waals surface area contributed by atoms with Gasteiger partial charge in [0.25, 0.3) is 5.91 Å². The molecule has 8 heteroatoms. The molecule has 4 rings (SSSR count). The maximum Gasteiger partial charge on any atom is 0.267 e. The van der Waals surface area contributed by atoms with Gasteiger partial charge in [-0.15, -0.1) is 0 Å². The highest BCUT2D eigenvalue weighted by atomic mass is 35.5. The van der Waals surface area contributed by atoms with Gasteiger partial charge in [0.05, 0.1) is 10.9 Å². The van der Waals surface area contributed by atoms with Gasteiger partial charge in [-0.25, -0.2) is 0 Å². The minimum absolute atomic E-state index is 0.144. The van der Waals surface area contributed by atoms with Crippen LogP contribution in [0.1, 0.15) is 17.4 Å².